The average Bonchev–Trinajstić information content (AvgIpc) is 2.86. The maximum atomic E-state index is 13.2. The lowest BCUT2D eigenvalue weighted by Crippen LogP contribution is -2.28. The lowest BCUT2D eigenvalue weighted by Gasteiger charge is -2.22. The van der Waals surface area contributed by atoms with E-state index in [4.69, 9.17) is 20.9 Å². The second-order valence-corrected chi connectivity index (χ2v) is 8.14. The van der Waals surface area contributed by atoms with Gasteiger partial charge in [-0.05, 0) is 55.3 Å². The molecule has 0 radical (unpaired) electrons. The summed E-state index contributed by atoms with van der Waals surface area (Å²) in [6.07, 6.45) is -1.73. The Morgan fingerprint density at radius 2 is 1.14 bits per heavy atom. The topological polar surface area (TPSA) is 191 Å². The minimum Gasteiger partial charge on any atom is -0.457 e. The Morgan fingerprint density at radius 3 is 1.51 bits per heavy atom. The van der Waals surface area contributed by atoms with E-state index in [9.17, 15) is 29.8 Å². The van der Waals surface area contributed by atoms with Gasteiger partial charge in [-0.1, -0.05) is 12.1 Å². The lowest BCUT2D eigenvalue weighted by molar-refractivity contribution is -0.385. The van der Waals surface area contributed by atoms with Crippen molar-refractivity contribution in [2.24, 2.45) is 0 Å². The number of ether oxygens (including phenoxy) is 2. The predicted octanol–water partition coefficient (Wildman–Crippen LogP) is 4.36. The van der Waals surface area contributed by atoms with Crippen LogP contribution in [0.15, 0.2) is 66.7 Å². The zero-order valence-electron chi connectivity index (χ0n) is 19.9. The number of esters is 2. The van der Waals surface area contributed by atoms with Crippen LogP contribution in [0.25, 0.3) is 0 Å². The van der Waals surface area contributed by atoms with Gasteiger partial charge in [0.1, 0.15) is 12.2 Å². The molecular formula is C25H24N4O8. The third-order valence-corrected chi connectivity index (χ3v) is 5.69. The number of nitrogens with zero attached hydrogens (tertiary/aromatic N) is 2. The molecule has 2 atom stereocenters. The van der Waals surface area contributed by atoms with Gasteiger partial charge in [0.15, 0.2) is 5.92 Å². The highest BCUT2D eigenvalue weighted by Crippen LogP contribution is 2.33. The SMILES string of the molecule is CC(OC(=O)C(C(=O)OC(C)c1ccc([N+](=O)[O-])cc1)c1cccc(N)c1N)c1ccc([N+](=O)[O-])cc1. The standard InChI is InChI=1S/C25H24N4O8/c1-14(16-6-10-18(11-7-16)28(32)33)36-24(30)22(20-4-3-5-21(26)23(20)27)25(31)37-15(2)17-8-12-19(13-9-17)29(34)35/h3-15,22H,26-27H2,1-2H3. The Bertz CT molecular complexity index is 1250. The molecule has 0 saturated carbocycles. The molecule has 0 aliphatic heterocycles. The molecule has 0 aliphatic carbocycles. The predicted molar refractivity (Wildman–Crippen MR) is 133 cm³/mol. The van der Waals surface area contributed by atoms with Crippen molar-refractivity contribution in [3.63, 3.8) is 0 Å². The number of rotatable bonds is 9. The van der Waals surface area contributed by atoms with Crippen LogP contribution in [0.2, 0.25) is 0 Å². The fourth-order valence-electron chi connectivity index (χ4n) is 3.56. The number of nitrogens with two attached hydrogens (primary N) is 2. The summed E-state index contributed by atoms with van der Waals surface area (Å²) in [7, 11) is 0. The summed E-state index contributed by atoms with van der Waals surface area (Å²) < 4.78 is 11.0. The molecule has 4 N–H and O–H groups in total. The summed E-state index contributed by atoms with van der Waals surface area (Å²) in [5.41, 5.74) is 12.9. The monoisotopic (exact) mass is 508 g/mol. The number of anilines is 2. The Balaban J connectivity index is 1.86. The number of nitro benzene ring substituents is 2. The molecule has 12 nitrogen and oxygen atoms in total. The third kappa shape index (κ3) is 6.17. The molecule has 0 aliphatic rings. The molecule has 3 aromatic carbocycles. The highest BCUT2D eigenvalue weighted by atomic mass is 16.6. The molecule has 37 heavy (non-hydrogen) atoms. The van der Waals surface area contributed by atoms with Crippen LogP contribution < -0.4 is 11.5 Å². The fraction of sp³-hybridized carbons (Fsp3) is 0.200. The van der Waals surface area contributed by atoms with E-state index in [2.05, 4.69) is 0 Å². The van der Waals surface area contributed by atoms with Crippen molar-refractivity contribution in [3.8, 4) is 0 Å². The molecule has 0 heterocycles. The quantitative estimate of drug-likeness (QED) is 0.138. The van der Waals surface area contributed by atoms with Crippen LogP contribution in [0.4, 0.5) is 22.7 Å². The van der Waals surface area contributed by atoms with E-state index >= 15 is 0 Å². The van der Waals surface area contributed by atoms with E-state index in [0.717, 1.165) is 0 Å². The molecule has 3 aromatic rings. The Hall–Kier alpha value is -5.00. The third-order valence-electron chi connectivity index (χ3n) is 5.69. The van der Waals surface area contributed by atoms with Crippen molar-refractivity contribution in [2.75, 3.05) is 11.5 Å². The van der Waals surface area contributed by atoms with Gasteiger partial charge in [0.25, 0.3) is 11.4 Å². The van der Waals surface area contributed by atoms with Crippen molar-refractivity contribution in [1.82, 2.24) is 0 Å². The van der Waals surface area contributed by atoms with Crippen LogP contribution >= 0.6 is 0 Å². The van der Waals surface area contributed by atoms with Gasteiger partial charge in [0, 0.05) is 29.8 Å². The number of nitro groups is 2. The Labute approximate surface area is 211 Å². The smallest absolute Gasteiger partial charge is 0.325 e. The first-order chi connectivity index (χ1) is 17.5. The summed E-state index contributed by atoms with van der Waals surface area (Å²) in [5, 5.41) is 21.8. The van der Waals surface area contributed by atoms with Crippen LogP contribution in [0, 0.1) is 20.2 Å². The van der Waals surface area contributed by atoms with Gasteiger partial charge in [-0.15, -0.1) is 0 Å². The molecule has 0 saturated heterocycles. The number of benzene rings is 3. The van der Waals surface area contributed by atoms with E-state index in [1.54, 1.807) is 13.8 Å². The number of non-ortho nitro benzene ring substituents is 2. The minimum absolute atomic E-state index is 0.00683. The number of carbonyl (C=O) groups excluding carboxylic acids is 2. The zero-order valence-corrected chi connectivity index (χ0v) is 19.9. The van der Waals surface area contributed by atoms with E-state index in [1.807, 2.05) is 0 Å². The number of nitrogen functional groups attached to an aromatic ring is 2. The first-order valence-electron chi connectivity index (χ1n) is 11.0. The van der Waals surface area contributed by atoms with Crippen molar-refractivity contribution in [3.05, 3.63) is 104 Å². The number of hydrogen-bond donors (Lipinski definition) is 2. The highest BCUT2D eigenvalue weighted by molar-refractivity contribution is 6.02. The molecular weight excluding hydrogens is 484 g/mol. The molecule has 0 bridgehead atoms. The van der Waals surface area contributed by atoms with E-state index < -0.39 is 39.9 Å². The number of carbonyl (C=O) groups is 2. The normalized spacial score (nSPS) is 13.1. The zero-order chi connectivity index (χ0) is 27.3. The van der Waals surface area contributed by atoms with Crippen LogP contribution in [0.5, 0.6) is 0 Å². The largest absolute Gasteiger partial charge is 0.457 e. The van der Waals surface area contributed by atoms with Gasteiger partial charge in [0.2, 0.25) is 0 Å². The van der Waals surface area contributed by atoms with Gasteiger partial charge in [0.05, 0.1) is 21.2 Å². The van der Waals surface area contributed by atoms with Gasteiger partial charge in [-0.25, -0.2) is 0 Å². The molecule has 0 amide bonds. The van der Waals surface area contributed by atoms with Crippen molar-refractivity contribution in [2.45, 2.75) is 32.0 Å². The number of para-hydroxylation sites is 1. The molecule has 2 unspecified atom stereocenters. The van der Waals surface area contributed by atoms with Crippen molar-refractivity contribution in [1.29, 1.82) is 0 Å². The number of hydrogen-bond acceptors (Lipinski definition) is 10. The summed E-state index contributed by atoms with van der Waals surface area (Å²) in [5.74, 6) is -3.53. The second kappa shape index (κ2) is 11.2. The van der Waals surface area contributed by atoms with Crippen molar-refractivity contribution < 1.29 is 28.9 Å². The minimum atomic E-state index is -1.59. The van der Waals surface area contributed by atoms with Crippen LogP contribution in [-0.2, 0) is 19.1 Å². The highest BCUT2D eigenvalue weighted by Gasteiger charge is 2.36. The van der Waals surface area contributed by atoms with Crippen LogP contribution in [0.1, 0.15) is 48.7 Å². The van der Waals surface area contributed by atoms with E-state index in [-0.39, 0.29) is 28.3 Å². The summed E-state index contributed by atoms with van der Waals surface area (Å²) in [4.78, 5) is 47.2. The molecule has 192 valence electrons. The molecule has 12 heteroatoms. The maximum Gasteiger partial charge on any atom is 0.325 e. The fourth-order valence-corrected chi connectivity index (χ4v) is 3.56. The first-order valence-corrected chi connectivity index (χ1v) is 11.0. The van der Waals surface area contributed by atoms with Gasteiger partial charge in [-0.2, -0.15) is 0 Å². The Morgan fingerprint density at radius 1 is 0.730 bits per heavy atom. The van der Waals surface area contributed by atoms with Crippen molar-refractivity contribution >= 4 is 34.7 Å². The van der Waals surface area contributed by atoms with Gasteiger partial charge < -0.3 is 20.9 Å². The van der Waals surface area contributed by atoms with Crippen LogP contribution in [0.3, 0.4) is 0 Å². The maximum absolute atomic E-state index is 13.2. The average molecular weight is 508 g/mol. The lowest BCUT2D eigenvalue weighted by atomic mass is 9.96. The first kappa shape index (κ1) is 26.6. The van der Waals surface area contributed by atoms with E-state index in [1.165, 1.54) is 66.7 Å². The van der Waals surface area contributed by atoms with E-state index in [0.29, 0.717) is 11.1 Å². The van der Waals surface area contributed by atoms with Gasteiger partial charge >= 0.3 is 11.9 Å². The summed E-state index contributed by atoms with van der Waals surface area (Å²) in [6.45, 7) is 3.09. The molecule has 0 fully saturated rings. The Kier molecular flexibility index (Phi) is 8.02. The molecule has 0 spiro atoms. The van der Waals surface area contributed by atoms with Crippen LogP contribution in [-0.4, -0.2) is 21.8 Å². The summed E-state index contributed by atoms with van der Waals surface area (Å²) >= 11 is 0. The molecule has 3 rings (SSSR count). The second-order valence-electron chi connectivity index (χ2n) is 8.14. The van der Waals surface area contributed by atoms with Gasteiger partial charge in [-0.3, -0.25) is 29.8 Å². The summed E-state index contributed by atoms with van der Waals surface area (Å²) in [6, 6.07) is 15.3. The molecule has 0 aromatic heterocycles.